The molecule has 0 aromatic heterocycles. The Hall–Kier alpha value is -0.380. The molecule has 3 nitrogen and oxygen atoms in total. The van der Waals surface area contributed by atoms with Crippen LogP contribution < -0.4 is 0 Å². The minimum Gasteiger partial charge on any atom is -0.375 e. The molecular weight excluding hydrogens is 144 g/mol. The first-order chi connectivity index (χ1) is 5.33. The highest BCUT2D eigenvalue weighted by Gasteiger charge is 2.23. The highest BCUT2D eigenvalue weighted by Crippen LogP contribution is 2.16. The van der Waals surface area contributed by atoms with E-state index in [9.17, 15) is 0 Å². The molecule has 0 aliphatic carbocycles. The molecule has 0 aromatic carbocycles. The zero-order chi connectivity index (χ0) is 8.10. The van der Waals surface area contributed by atoms with E-state index in [4.69, 9.17) is 14.2 Å². The van der Waals surface area contributed by atoms with E-state index in [1.807, 2.05) is 0 Å². The molecule has 0 spiro atoms. The van der Waals surface area contributed by atoms with Crippen LogP contribution in [0.25, 0.3) is 0 Å². The van der Waals surface area contributed by atoms with E-state index >= 15 is 0 Å². The summed E-state index contributed by atoms with van der Waals surface area (Å²) < 4.78 is 15.5. The molecule has 1 aliphatic heterocycles. The summed E-state index contributed by atoms with van der Waals surface area (Å²) in [7, 11) is 0. The zero-order valence-electron chi connectivity index (χ0n) is 6.71. The Bertz CT molecular complexity index is 125. The molecular formula is C8H13O3. The smallest absolute Gasteiger partial charge is 0.221 e. The van der Waals surface area contributed by atoms with Gasteiger partial charge in [-0.05, 0) is 6.92 Å². The predicted octanol–water partition coefficient (Wildman–Crippen LogP) is 1.11. The van der Waals surface area contributed by atoms with E-state index in [2.05, 4.69) is 6.58 Å². The maximum Gasteiger partial charge on any atom is 0.221 e. The van der Waals surface area contributed by atoms with Crippen LogP contribution in [0.5, 0.6) is 0 Å². The van der Waals surface area contributed by atoms with Crippen LogP contribution in [-0.4, -0.2) is 25.9 Å². The van der Waals surface area contributed by atoms with Gasteiger partial charge in [0.1, 0.15) is 6.10 Å². The van der Waals surface area contributed by atoms with Crippen LogP contribution in [0.2, 0.25) is 0 Å². The third-order valence-corrected chi connectivity index (χ3v) is 1.34. The molecule has 0 aromatic rings. The molecule has 0 saturated carbocycles. The molecule has 11 heavy (non-hydrogen) atoms. The summed E-state index contributed by atoms with van der Waals surface area (Å²) >= 11 is 0. The van der Waals surface area contributed by atoms with Crippen molar-refractivity contribution in [1.29, 1.82) is 0 Å². The molecule has 1 atom stereocenters. The maximum absolute atomic E-state index is 5.24. The summed E-state index contributed by atoms with van der Waals surface area (Å²) in [6, 6.07) is 0. The normalized spacial score (nSPS) is 25.7. The van der Waals surface area contributed by atoms with Crippen LogP contribution in [0, 0.1) is 6.29 Å². The molecule has 1 saturated heterocycles. The third-order valence-electron chi connectivity index (χ3n) is 1.34. The quantitative estimate of drug-likeness (QED) is 0.452. The Kier molecular flexibility index (Phi) is 3.56. The summed E-state index contributed by atoms with van der Waals surface area (Å²) in [5.74, 6) is 0. The van der Waals surface area contributed by atoms with Gasteiger partial charge in [0.15, 0.2) is 0 Å². The molecule has 1 heterocycles. The van der Waals surface area contributed by atoms with E-state index in [0.29, 0.717) is 26.1 Å². The van der Waals surface area contributed by atoms with Crippen LogP contribution in [0.15, 0.2) is 12.7 Å². The van der Waals surface area contributed by atoms with Crippen LogP contribution in [0.4, 0.5) is 0 Å². The van der Waals surface area contributed by atoms with Crippen molar-refractivity contribution in [2.75, 3.05) is 19.8 Å². The van der Waals surface area contributed by atoms with Gasteiger partial charge in [-0.2, -0.15) is 0 Å². The maximum atomic E-state index is 5.24. The molecule has 0 N–H and O–H groups in total. The first-order valence-corrected chi connectivity index (χ1v) is 3.64. The summed E-state index contributed by atoms with van der Waals surface area (Å²) in [6.45, 7) is 7.08. The van der Waals surface area contributed by atoms with E-state index in [1.54, 1.807) is 13.0 Å². The van der Waals surface area contributed by atoms with Gasteiger partial charge in [-0.1, -0.05) is 6.08 Å². The Labute approximate surface area is 66.9 Å². The van der Waals surface area contributed by atoms with Crippen molar-refractivity contribution in [2.24, 2.45) is 0 Å². The second-order valence-corrected chi connectivity index (χ2v) is 2.37. The van der Waals surface area contributed by atoms with Crippen molar-refractivity contribution in [3.63, 3.8) is 0 Å². The van der Waals surface area contributed by atoms with Gasteiger partial charge >= 0.3 is 0 Å². The highest BCUT2D eigenvalue weighted by molar-refractivity contribution is 4.72. The molecule has 3 heteroatoms. The van der Waals surface area contributed by atoms with Crippen LogP contribution in [0.1, 0.15) is 6.92 Å². The Morgan fingerprint density at radius 2 is 2.64 bits per heavy atom. The lowest BCUT2D eigenvalue weighted by atomic mass is 10.4. The van der Waals surface area contributed by atoms with Gasteiger partial charge in [0.25, 0.3) is 0 Å². The van der Waals surface area contributed by atoms with E-state index < -0.39 is 0 Å². The largest absolute Gasteiger partial charge is 0.375 e. The van der Waals surface area contributed by atoms with E-state index in [1.165, 1.54) is 0 Å². The highest BCUT2D eigenvalue weighted by atomic mass is 16.7. The van der Waals surface area contributed by atoms with Gasteiger partial charge in [0.05, 0.1) is 19.8 Å². The topological polar surface area (TPSA) is 27.7 Å². The van der Waals surface area contributed by atoms with E-state index in [0.717, 1.165) is 0 Å². The summed E-state index contributed by atoms with van der Waals surface area (Å²) in [5, 5.41) is 0. The van der Waals surface area contributed by atoms with Gasteiger partial charge in [0.2, 0.25) is 6.29 Å². The van der Waals surface area contributed by atoms with Crippen LogP contribution in [-0.2, 0) is 14.2 Å². The fourth-order valence-electron chi connectivity index (χ4n) is 0.878. The molecule has 0 amide bonds. The van der Waals surface area contributed by atoms with Gasteiger partial charge in [-0.3, -0.25) is 0 Å². The molecule has 1 radical (unpaired) electrons. The number of ether oxygens (including phenoxy) is 3. The average molecular weight is 157 g/mol. The second kappa shape index (κ2) is 4.49. The molecule has 63 valence electrons. The van der Waals surface area contributed by atoms with Crippen LogP contribution in [0.3, 0.4) is 0 Å². The number of hydrogen-bond donors (Lipinski definition) is 0. The second-order valence-electron chi connectivity index (χ2n) is 2.37. The molecule has 1 fully saturated rings. The van der Waals surface area contributed by atoms with Gasteiger partial charge in [0, 0.05) is 0 Å². The minimum atomic E-state index is 0.0648. The monoisotopic (exact) mass is 157 g/mol. The fourth-order valence-corrected chi connectivity index (χ4v) is 0.878. The van der Waals surface area contributed by atoms with Crippen molar-refractivity contribution < 1.29 is 14.2 Å². The van der Waals surface area contributed by atoms with Crippen molar-refractivity contribution in [2.45, 2.75) is 13.0 Å². The summed E-state index contributed by atoms with van der Waals surface area (Å²) in [5.41, 5.74) is 0. The molecule has 0 bridgehead atoms. The van der Waals surface area contributed by atoms with Gasteiger partial charge in [-0.15, -0.1) is 6.58 Å². The average Bonchev–Trinajstić information content (AvgIpc) is 2.37. The van der Waals surface area contributed by atoms with Gasteiger partial charge in [-0.25, -0.2) is 0 Å². The Balaban J connectivity index is 2.03. The first-order valence-electron chi connectivity index (χ1n) is 3.64. The molecule has 1 unspecified atom stereocenters. The van der Waals surface area contributed by atoms with Crippen LogP contribution >= 0.6 is 0 Å². The molecule has 1 aliphatic rings. The van der Waals surface area contributed by atoms with Crippen molar-refractivity contribution >= 4 is 0 Å². The Morgan fingerprint density at radius 1 is 1.82 bits per heavy atom. The predicted molar refractivity (Wildman–Crippen MR) is 40.8 cm³/mol. The van der Waals surface area contributed by atoms with E-state index in [-0.39, 0.29) is 6.10 Å². The first kappa shape index (κ1) is 8.71. The SMILES string of the molecule is C=CCOCC1CO[C](C)O1. The van der Waals surface area contributed by atoms with Crippen molar-refractivity contribution in [1.82, 2.24) is 0 Å². The van der Waals surface area contributed by atoms with Gasteiger partial charge < -0.3 is 14.2 Å². The Morgan fingerprint density at radius 3 is 3.18 bits per heavy atom. The standard InChI is InChI=1S/C8H13O3/c1-3-4-9-5-8-6-10-7(2)11-8/h3,8H,1,4-6H2,2H3. The lowest BCUT2D eigenvalue weighted by Crippen LogP contribution is -2.17. The zero-order valence-corrected chi connectivity index (χ0v) is 6.71. The number of rotatable bonds is 4. The number of hydrogen-bond acceptors (Lipinski definition) is 3. The fraction of sp³-hybridized carbons (Fsp3) is 0.625. The molecule has 1 rings (SSSR count). The lowest BCUT2D eigenvalue weighted by Gasteiger charge is -2.06. The third kappa shape index (κ3) is 3.01. The minimum absolute atomic E-state index is 0.0648. The summed E-state index contributed by atoms with van der Waals surface area (Å²) in [4.78, 5) is 0. The van der Waals surface area contributed by atoms with Crippen molar-refractivity contribution in [3.05, 3.63) is 18.9 Å². The van der Waals surface area contributed by atoms with Crippen molar-refractivity contribution in [3.8, 4) is 0 Å². The lowest BCUT2D eigenvalue weighted by molar-refractivity contribution is 0.0210. The summed E-state index contributed by atoms with van der Waals surface area (Å²) in [6.07, 6.45) is 2.42.